The van der Waals surface area contributed by atoms with Gasteiger partial charge in [-0.25, -0.2) is 8.42 Å². The molecule has 0 radical (unpaired) electrons. The lowest BCUT2D eigenvalue weighted by Crippen LogP contribution is -2.35. The van der Waals surface area contributed by atoms with Gasteiger partial charge in [0, 0.05) is 24.2 Å². The molecule has 0 unspecified atom stereocenters. The summed E-state index contributed by atoms with van der Waals surface area (Å²) in [6.45, 7) is 2.76. The summed E-state index contributed by atoms with van der Waals surface area (Å²) in [6.07, 6.45) is 4.22. The van der Waals surface area contributed by atoms with Gasteiger partial charge in [0.25, 0.3) is 0 Å². The molecule has 2 saturated carbocycles. The van der Waals surface area contributed by atoms with Crippen LogP contribution in [0.2, 0.25) is 5.02 Å². The minimum absolute atomic E-state index is 0.176. The van der Waals surface area contributed by atoms with Crippen molar-refractivity contribution in [1.29, 1.82) is 0 Å². The Hall–Kier alpha value is -0.620. The van der Waals surface area contributed by atoms with E-state index >= 15 is 0 Å². The number of halogens is 1. The Morgan fingerprint density at radius 1 is 1.29 bits per heavy atom. The molecule has 116 valence electrons. The lowest BCUT2D eigenvalue weighted by molar-refractivity contribution is 0.388. The Labute approximate surface area is 131 Å². The Bertz CT molecular complexity index is 652. The van der Waals surface area contributed by atoms with Crippen LogP contribution in [0, 0.1) is 12.8 Å². The first-order valence-electron chi connectivity index (χ1n) is 7.44. The molecule has 2 fully saturated rings. The Morgan fingerprint density at radius 3 is 2.48 bits per heavy atom. The Morgan fingerprint density at radius 2 is 1.95 bits per heavy atom. The van der Waals surface area contributed by atoms with Gasteiger partial charge in [0.05, 0.1) is 4.90 Å². The van der Waals surface area contributed by atoms with Crippen molar-refractivity contribution in [2.75, 3.05) is 6.54 Å². The van der Waals surface area contributed by atoms with E-state index in [0.29, 0.717) is 28.9 Å². The summed E-state index contributed by atoms with van der Waals surface area (Å²) in [5.74, 6) is 0.536. The molecule has 21 heavy (non-hydrogen) atoms. The predicted octanol–water partition coefficient (Wildman–Crippen LogP) is 2.67. The van der Waals surface area contributed by atoms with Gasteiger partial charge in [-0.05, 0) is 61.8 Å². The Balaban J connectivity index is 2.01. The second-order valence-electron chi connectivity index (χ2n) is 6.14. The quantitative estimate of drug-likeness (QED) is 0.873. The van der Waals surface area contributed by atoms with Crippen molar-refractivity contribution in [1.82, 2.24) is 4.31 Å². The highest BCUT2D eigenvalue weighted by atomic mass is 35.5. The third-order valence-electron chi connectivity index (χ3n) is 4.33. The van der Waals surface area contributed by atoms with Crippen LogP contribution in [-0.4, -0.2) is 25.3 Å². The van der Waals surface area contributed by atoms with Crippen LogP contribution in [0.25, 0.3) is 0 Å². The zero-order valence-electron chi connectivity index (χ0n) is 12.2. The van der Waals surface area contributed by atoms with Gasteiger partial charge in [-0.3, -0.25) is 0 Å². The number of nitrogens with zero attached hydrogens (tertiary/aromatic N) is 1. The summed E-state index contributed by atoms with van der Waals surface area (Å²) in [4.78, 5) is 0.322. The second-order valence-corrected chi connectivity index (χ2v) is 8.44. The molecule has 0 bridgehead atoms. The van der Waals surface area contributed by atoms with E-state index in [0.717, 1.165) is 36.8 Å². The van der Waals surface area contributed by atoms with Crippen molar-refractivity contribution in [3.63, 3.8) is 0 Å². The molecule has 0 saturated heterocycles. The van der Waals surface area contributed by atoms with Crippen molar-refractivity contribution in [3.05, 3.63) is 28.3 Å². The smallest absolute Gasteiger partial charge is 0.243 e. The summed E-state index contributed by atoms with van der Waals surface area (Å²) in [5.41, 5.74) is 7.22. The van der Waals surface area contributed by atoms with E-state index in [1.807, 2.05) is 6.92 Å². The van der Waals surface area contributed by atoms with Crippen LogP contribution in [0.5, 0.6) is 0 Å². The van der Waals surface area contributed by atoms with Crippen LogP contribution in [0.3, 0.4) is 0 Å². The number of hydrogen-bond acceptors (Lipinski definition) is 3. The molecule has 0 amide bonds. The molecular formula is C15H21ClN2O2S. The fourth-order valence-corrected chi connectivity index (χ4v) is 5.04. The Kier molecular flexibility index (Phi) is 4.03. The molecule has 6 heteroatoms. The first kappa shape index (κ1) is 15.3. The van der Waals surface area contributed by atoms with Crippen molar-refractivity contribution in [2.24, 2.45) is 11.7 Å². The molecule has 0 aromatic heterocycles. The van der Waals surface area contributed by atoms with Gasteiger partial charge in [-0.1, -0.05) is 11.6 Å². The number of nitrogens with two attached hydrogens (primary N) is 1. The number of benzene rings is 1. The first-order valence-corrected chi connectivity index (χ1v) is 9.26. The van der Waals surface area contributed by atoms with E-state index in [9.17, 15) is 8.42 Å². The fraction of sp³-hybridized carbons (Fsp3) is 0.600. The average molecular weight is 329 g/mol. The van der Waals surface area contributed by atoms with Crippen LogP contribution in [0.1, 0.15) is 36.8 Å². The lowest BCUT2D eigenvalue weighted by Gasteiger charge is -2.23. The van der Waals surface area contributed by atoms with Crippen LogP contribution in [0.15, 0.2) is 17.0 Å². The highest BCUT2D eigenvalue weighted by molar-refractivity contribution is 7.89. The summed E-state index contributed by atoms with van der Waals surface area (Å²) in [6, 6.07) is 3.49. The topological polar surface area (TPSA) is 63.4 Å². The van der Waals surface area contributed by atoms with Gasteiger partial charge in [0.15, 0.2) is 0 Å². The molecule has 2 aliphatic carbocycles. The molecule has 3 rings (SSSR count). The highest BCUT2D eigenvalue weighted by Gasteiger charge is 2.41. The average Bonchev–Trinajstić information content (AvgIpc) is 3.30. The molecular weight excluding hydrogens is 308 g/mol. The third kappa shape index (κ3) is 3.11. The zero-order chi connectivity index (χ0) is 15.2. The summed E-state index contributed by atoms with van der Waals surface area (Å²) in [7, 11) is -3.49. The minimum Gasteiger partial charge on any atom is -0.326 e. The first-order chi connectivity index (χ1) is 9.93. The van der Waals surface area contributed by atoms with Crippen molar-refractivity contribution in [2.45, 2.75) is 50.1 Å². The maximum atomic E-state index is 13.0. The molecule has 2 N–H and O–H groups in total. The SMILES string of the molecule is Cc1c(CN)cc(Cl)cc1S(=O)(=O)N(CC1CC1)C1CC1. The zero-order valence-corrected chi connectivity index (χ0v) is 13.8. The van der Waals surface area contributed by atoms with Gasteiger partial charge in [-0.15, -0.1) is 0 Å². The highest BCUT2D eigenvalue weighted by Crippen LogP contribution is 2.39. The van der Waals surface area contributed by atoms with E-state index in [1.54, 1.807) is 16.4 Å². The van der Waals surface area contributed by atoms with Crippen molar-refractivity contribution < 1.29 is 8.42 Å². The van der Waals surface area contributed by atoms with Gasteiger partial charge in [-0.2, -0.15) is 4.31 Å². The standard InChI is InChI=1S/C15H21ClN2O2S/c1-10-12(8-17)6-13(16)7-15(10)21(19,20)18(14-4-5-14)9-11-2-3-11/h6-7,11,14H,2-5,8-9,17H2,1H3. The third-order valence-corrected chi connectivity index (χ3v) is 6.59. The van der Waals surface area contributed by atoms with E-state index < -0.39 is 10.0 Å². The maximum Gasteiger partial charge on any atom is 0.243 e. The number of hydrogen-bond donors (Lipinski definition) is 1. The predicted molar refractivity (Wildman–Crippen MR) is 83.7 cm³/mol. The van der Waals surface area contributed by atoms with Gasteiger partial charge in [0.2, 0.25) is 10.0 Å². The molecule has 0 heterocycles. The molecule has 0 aliphatic heterocycles. The molecule has 0 spiro atoms. The van der Waals surface area contributed by atoms with Gasteiger partial charge in [0.1, 0.15) is 0 Å². The van der Waals surface area contributed by atoms with Crippen molar-refractivity contribution in [3.8, 4) is 0 Å². The van der Waals surface area contributed by atoms with E-state index in [1.165, 1.54) is 0 Å². The maximum absolute atomic E-state index is 13.0. The second kappa shape index (κ2) is 5.54. The van der Waals surface area contributed by atoms with E-state index in [4.69, 9.17) is 17.3 Å². The molecule has 1 aromatic rings. The minimum atomic E-state index is -3.49. The number of sulfonamides is 1. The van der Waals surface area contributed by atoms with Gasteiger partial charge < -0.3 is 5.73 Å². The van der Waals surface area contributed by atoms with Crippen LogP contribution in [0.4, 0.5) is 0 Å². The lowest BCUT2D eigenvalue weighted by atomic mass is 10.1. The number of rotatable bonds is 6. The summed E-state index contributed by atoms with van der Waals surface area (Å²) < 4.78 is 27.8. The van der Waals surface area contributed by atoms with Crippen molar-refractivity contribution >= 4 is 21.6 Å². The molecule has 2 aliphatic rings. The summed E-state index contributed by atoms with van der Waals surface area (Å²) in [5, 5.41) is 0.432. The van der Waals surface area contributed by atoms with Crippen LogP contribution >= 0.6 is 11.6 Å². The van der Waals surface area contributed by atoms with E-state index in [-0.39, 0.29) is 6.04 Å². The molecule has 1 aromatic carbocycles. The van der Waals surface area contributed by atoms with E-state index in [2.05, 4.69) is 0 Å². The van der Waals surface area contributed by atoms with Crippen LogP contribution < -0.4 is 5.73 Å². The monoisotopic (exact) mass is 328 g/mol. The largest absolute Gasteiger partial charge is 0.326 e. The normalized spacial score (nSPS) is 19.2. The van der Waals surface area contributed by atoms with Crippen LogP contribution in [-0.2, 0) is 16.6 Å². The van der Waals surface area contributed by atoms with Gasteiger partial charge >= 0.3 is 0 Å². The summed E-state index contributed by atoms with van der Waals surface area (Å²) >= 11 is 6.09. The molecule has 4 nitrogen and oxygen atoms in total. The molecule has 0 atom stereocenters. The fourth-order valence-electron chi connectivity index (χ4n) is 2.68.